The van der Waals surface area contributed by atoms with Crippen LogP contribution in [0.3, 0.4) is 0 Å². The Kier molecular flexibility index (Phi) is 4.72. The Balaban J connectivity index is 1.82. The molecule has 138 valence electrons. The summed E-state index contributed by atoms with van der Waals surface area (Å²) in [6.45, 7) is 3.44. The van der Waals surface area contributed by atoms with Gasteiger partial charge in [0.05, 0.1) is 10.5 Å². The highest BCUT2D eigenvalue weighted by Crippen LogP contribution is 2.30. The maximum absolute atomic E-state index is 12.5. The van der Waals surface area contributed by atoms with Gasteiger partial charge in [-0.15, -0.1) is 0 Å². The predicted octanol–water partition coefficient (Wildman–Crippen LogP) is 2.95. The molecule has 0 unspecified atom stereocenters. The van der Waals surface area contributed by atoms with Gasteiger partial charge in [0.1, 0.15) is 12.1 Å². The number of fused-ring (bicyclic) bond motifs is 1. The van der Waals surface area contributed by atoms with Crippen molar-refractivity contribution in [3.05, 3.63) is 69.3 Å². The topological polar surface area (TPSA) is 110 Å². The molecule has 8 heteroatoms. The molecule has 0 aliphatic carbocycles. The number of nitro groups is 1. The van der Waals surface area contributed by atoms with Crippen molar-refractivity contribution in [1.29, 1.82) is 0 Å². The summed E-state index contributed by atoms with van der Waals surface area (Å²) in [5.41, 5.74) is 0.732. The van der Waals surface area contributed by atoms with Crippen LogP contribution in [-0.4, -0.2) is 34.1 Å². The van der Waals surface area contributed by atoms with Crippen LogP contribution in [0.2, 0.25) is 0 Å². The first-order chi connectivity index (χ1) is 12.8. The number of para-hydroxylation sites is 1. The van der Waals surface area contributed by atoms with Crippen molar-refractivity contribution in [1.82, 2.24) is 4.90 Å². The van der Waals surface area contributed by atoms with E-state index in [1.54, 1.807) is 12.1 Å². The second kappa shape index (κ2) is 6.99. The molecule has 0 spiro atoms. The lowest BCUT2D eigenvalue weighted by atomic mass is 10.0. The third kappa shape index (κ3) is 3.29. The van der Waals surface area contributed by atoms with Crippen LogP contribution in [0.1, 0.15) is 46.0 Å². The summed E-state index contributed by atoms with van der Waals surface area (Å²) < 4.78 is 0. The van der Waals surface area contributed by atoms with E-state index in [2.05, 4.69) is 5.32 Å². The van der Waals surface area contributed by atoms with Crippen LogP contribution in [0.15, 0.2) is 42.5 Å². The van der Waals surface area contributed by atoms with E-state index in [4.69, 9.17) is 0 Å². The number of nitro benzene ring substituents is 1. The number of carbonyl (C=O) groups is 3. The van der Waals surface area contributed by atoms with E-state index in [1.165, 1.54) is 12.1 Å². The van der Waals surface area contributed by atoms with Gasteiger partial charge in [0.15, 0.2) is 0 Å². The van der Waals surface area contributed by atoms with Gasteiger partial charge in [0, 0.05) is 11.8 Å². The Morgan fingerprint density at radius 2 is 1.81 bits per heavy atom. The molecule has 0 bridgehead atoms. The molecule has 1 N–H and O–H groups in total. The van der Waals surface area contributed by atoms with Crippen LogP contribution in [-0.2, 0) is 4.79 Å². The predicted molar refractivity (Wildman–Crippen MR) is 97.6 cm³/mol. The van der Waals surface area contributed by atoms with E-state index in [-0.39, 0.29) is 17.0 Å². The SMILES string of the molecule is CC(C)c1ccccc1NC(=O)CN1C(=O)c2cccc([N+](=O)[O-])c2C1=O. The van der Waals surface area contributed by atoms with Crippen LogP contribution in [0.4, 0.5) is 11.4 Å². The van der Waals surface area contributed by atoms with Gasteiger partial charge in [-0.05, 0) is 23.6 Å². The minimum Gasteiger partial charge on any atom is -0.324 e. The number of hydrogen-bond donors (Lipinski definition) is 1. The second-order valence-corrected chi connectivity index (χ2v) is 6.44. The molecule has 3 rings (SSSR count). The third-order valence-corrected chi connectivity index (χ3v) is 4.33. The first-order valence-corrected chi connectivity index (χ1v) is 8.33. The Bertz CT molecular complexity index is 968. The maximum atomic E-state index is 12.5. The molecule has 0 saturated carbocycles. The summed E-state index contributed by atoms with van der Waals surface area (Å²) in [7, 11) is 0. The summed E-state index contributed by atoms with van der Waals surface area (Å²) in [5.74, 6) is -1.94. The van der Waals surface area contributed by atoms with Gasteiger partial charge < -0.3 is 5.32 Å². The molecule has 0 saturated heterocycles. The van der Waals surface area contributed by atoms with Crippen LogP contribution in [0.25, 0.3) is 0 Å². The fourth-order valence-corrected chi connectivity index (χ4v) is 3.06. The van der Waals surface area contributed by atoms with Crippen LogP contribution in [0.5, 0.6) is 0 Å². The van der Waals surface area contributed by atoms with Gasteiger partial charge in [0.2, 0.25) is 5.91 Å². The quantitative estimate of drug-likeness (QED) is 0.496. The van der Waals surface area contributed by atoms with E-state index in [0.717, 1.165) is 16.5 Å². The highest BCUT2D eigenvalue weighted by Gasteiger charge is 2.41. The molecule has 0 fully saturated rings. The average Bonchev–Trinajstić information content (AvgIpc) is 2.87. The average molecular weight is 367 g/mol. The number of hydrogen-bond acceptors (Lipinski definition) is 5. The fourth-order valence-electron chi connectivity index (χ4n) is 3.06. The van der Waals surface area contributed by atoms with Crippen molar-refractivity contribution in [3.63, 3.8) is 0 Å². The first kappa shape index (κ1) is 18.2. The van der Waals surface area contributed by atoms with E-state index >= 15 is 0 Å². The van der Waals surface area contributed by atoms with Crippen LogP contribution >= 0.6 is 0 Å². The lowest BCUT2D eigenvalue weighted by molar-refractivity contribution is -0.385. The normalized spacial score (nSPS) is 13.1. The summed E-state index contributed by atoms with van der Waals surface area (Å²) in [4.78, 5) is 48.5. The van der Waals surface area contributed by atoms with Crippen molar-refractivity contribution in [2.24, 2.45) is 0 Å². The maximum Gasteiger partial charge on any atom is 0.282 e. The van der Waals surface area contributed by atoms with Gasteiger partial charge in [-0.3, -0.25) is 29.4 Å². The Labute approximate surface area is 154 Å². The molecular formula is C19H17N3O5. The Morgan fingerprint density at radius 3 is 2.48 bits per heavy atom. The summed E-state index contributed by atoms with van der Waals surface area (Å²) in [6, 6.07) is 11.1. The fraction of sp³-hybridized carbons (Fsp3) is 0.211. The monoisotopic (exact) mass is 367 g/mol. The van der Waals surface area contributed by atoms with Crippen molar-refractivity contribution in [2.45, 2.75) is 19.8 Å². The van der Waals surface area contributed by atoms with Crippen LogP contribution < -0.4 is 5.32 Å². The molecule has 1 aliphatic heterocycles. The molecular weight excluding hydrogens is 350 g/mol. The number of carbonyl (C=O) groups excluding carboxylic acids is 3. The first-order valence-electron chi connectivity index (χ1n) is 8.33. The molecule has 1 aliphatic rings. The van der Waals surface area contributed by atoms with Gasteiger partial charge in [-0.1, -0.05) is 38.1 Å². The lowest BCUT2D eigenvalue weighted by Gasteiger charge is -2.16. The minimum absolute atomic E-state index is 0.0652. The van der Waals surface area contributed by atoms with Gasteiger partial charge in [0.25, 0.3) is 17.5 Å². The largest absolute Gasteiger partial charge is 0.324 e. The highest BCUT2D eigenvalue weighted by atomic mass is 16.6. The molecule has 1 heterocycles. The summed E-state index contributed by atoms with van der Waals surface area (Å²) in [6.07, 6.45) is 0. The highest BCUT2D eigenvalue weighted by molar-refractivity contribution is 6.24. The zero-order valence-corrected chi connectivity index (χ0v) is 14.8. The summed E-state index contributed by atoms with van der Waals surface area (Å²) in [5, 5.41) is 13.8. The number of amides is 3. The number of nitrogens with one attached hydrogen (secondary N) is 1. The number of rotatable bonds is 5. The van der Waals surface area contributed by atoms with Crippen molar-refractivity contribution >= 4 is 29.1 Å². The molecule has 27 heavy (non-hydrogen) atoms. The molecule has 8 nitrogen and oxygen atoms in total. The Hall–Kier alpha value is -3.55. The van der Waals surface area contributed by atoms with Crippen molar-refractivity contribution < 1.29 is 19.3 Å². The standard InChI is InChI=1S/C19H17N3O5/c1-11(2)12-6-3-4-8-14(12)20-16(23)10-21-18(24)13-7-5-9-15(22(26)27)17(13)19(21)25/h3-9,11H,10H2,1-2H3,(H,20,23). The molecule has 2 aromatic carbocycles. The zero-order chi connectivity index (χ0) is 19.7. The molecule has 2 aromatic rings. The van der Waals surface area contributed by atoms with E-state index in [0.29, 0.717) is 5.69 Å². The van der Waals surface area contributed by atoms with Crippen molar-refractivity contribution in [3.8, 4) is 0 Å². The molecule has 0 radical (unpaired) electrons. The lowest BCUT2D eigenvalue weighted by Crippen LogP contribution is -2.37. The van der Waals surface area contributed by atoms with Gasteiger partial charge in [-0.25, -0.2) is 0 Å². The molecule has 0 aromatic heterocycles. The molecule has 0 atom stereocenters. The van der Waals surface area contributed by atoms with E-state index in [1.807, 2.05) is 26.0 Å². The Morgan fingerprint density at radius 1 is 1.11 bits per heavy atom. The number of benzene rings is 2. The number of anilines is 1. The number of nitrogens with zero attached hydrogens (tertiary/aromatic N) is 2. The second-order valence-electron chi connectivity index (χ2n) is 6.44. The smallest absolute Gasteiger partial charge is 0.282 e. The van der Waals surface area contributed by atoms with Gasteiger partial charge >= 0.3 is 0 Å². The van der Waals surface area contributed by atoms with Crippen LogP contribution in [0, 0.1) is 10.1 Å². The summed E-state index contributed by atoms with van der Waals surface area (Å²) >= 11 is 0. The van der Waals surface area contributed by atoms with Crippen molar-refractivity contribution in [2.75, 3.05) is 11.9 Å². The number of imide groups is 1. The minimum atomic E-state index is -0.838. The van der Waals surface area contributed by atoms with Gasteiger partial charge in [-0.2, -0.15) is 0 Å². The third-order valence-electron chi connectivity index (χ3n) is 4.33. The molecule has 3 amide bonds. The zero-order valence-electron chi connectivity index (χ0n) is 14.8. The van der Waals surface area contributed by atoms with E-state index in [9.17, 15) is 24.5 Å². The van der Waals surface area contributed by atoms with E-state index < -0.39 is 34.9 Å².